The van der Waals surface area contributed by atoms with Crippen LogP contribution in [0.15, 0.2) is 24.3 Å². The van der Waals surface area contributed by atoms with Gasteiger partial charge in [0.15, 0.2) is 0 Å². The summed E-state index contributed by atoms with van der Waals surface area (Å²) in [7, 11) is 1.71. The second kappa shape index (κ2) is 7.94. The Morgan fingerprint density at radius 1 is 1.08 bits per heavy atom. The van der Waals surface area contributed by atoms with E-state index in [9.17, 15) is 0 Å². The van der Waals surface area contributed by atoms with Gasteiger partial charge in [-0.05, 0) is 45.0 Å². The van der Waals surface area contributed by atoms with Crippen molar-refractivity contribution in [2.45, 2.75) is 32.4 Å². The molecular weight excluding hydrogens is 314 g/mol. The molecule has 0 spiro atoms. The Morgan fingerprint density at radius 2 is 1.76 bits per heavy atom. The van der Waals surface area contributed by atoms with E-state index in [0.29, 0.717) is 6.04 Å². The highest BCUT2D eigenvalue weighted by Crippen LogP contribution is 2.25. The maximum absolute atomic E-state index is 5.51. The molecule has 140 valence electrons. The van der Waals surface area contributed by atoms with Crippen molar-refractivity contribution in [1.82, 2.24) is 9.80 Å². The molecule has 0 aliphatic carbocycles. The molecule has 2 saturated heterocycles. The molecule has 5 nitrogen and oxygen atoms in total. The lowest BCUT2D eigenvalue weighted by Crippen LogP contribution is -2.60. The second-order valence-electron chi connectivity index (χ2n) is 7.88. The Hall–Kier alpha value is -1.30. The van der Waals surface area contributed by atoms with Crippen LogP contribution in [0.5, 0.6) is 5.75 Å². The van der Waals surface area contributed by atoms with Gasteiger partial charge in [-0.15, -0.1) is 0 Å². The Labute approximate surface area is 152 Å². The van der Waals surface area contributed by atoms with Gasteiger partial charge in [0.2, 0.25) is 0 Å². The first-order valence-electron chi connectivity index (χ1n) is 9.45. The third-order valence-corrected chi connectivity index (χ3v) is 5.66. The molecule has 2 aliphatic heterocycles. The van der Waals surface area contributed by atoms with Crippen molar-refractivity contribution in [3.05, 3.63) is 24.3 Å². The first-order valence-corrected chi connectivity index (χ1v) is 9.45. The number of benzene rings is 1. The Bertz CT molecular complexity index is 540. The molecule has 0 radical (unpaired) electrons. The number of hydrogen-bond donors (Lipinski definition) is 0. The van der Waals surface area contributed by atoms with Crippen molar-refractivity contribution in [3.8, 4) is 5.75 Å². The predicted octanol–water partition coefficient (Wildman–Crippen LogP) is 2.32. The van der Waals surface area contributed by atoms with Crippen molar-refractivity contribution >= 4 is 5.69 Å². The molecule has 5 heteroatoms. The summed E-state index contributed by atoms with van der Waals surface area (Å²) in [6.07, 6.45) is 0. The van der Waals surface area contributed by atoms with Crippen molar-refractivity contribution in [2.24, 2.45) is 0 Å². The van der Waals surface area contributed by atoms with E-state index in [-0.39, 0.29) is 5.54 Å². The molecule has 1 atom stereocenters. The van der Waals surface area contributed by atoms with E-state index in [2.05, 4.69) is 47.6 Å². The highest BCUT2D eigenvalue weighted by Gasteiger charge is 2.33. The van der Waals surface area contributed by atoms with E-state index in [0.717, 1.165) is 58.2 Å². The van der Waals surface area contributed by atoms with Gasteiger partial charge in [-0.3, -0.25) is 9.80 Å². The molecule has 0 N–H and O–H groups in total. The predicted molar refractivity (Wildman–Crippen MR) is 103 cm³/mol. The number of anilines is 1. The largest absolute Gasteiger partial charge is 0.497 e. The van der Waals surface area contributed by atoms with Gasteiger partial charge in [0, 0.05) is 56.5 Å². The average Bonchev–Trinajstić information content (AvgIpc) is 2.64. The van der Waals surface area contributed by atoms with Gasteiger partial charge in [0.25, 0.3) is 0 Å². The minimum absolute atomic E-state index is 0.195. The number of rotatable bonds is 5. The monoisotopic (exact) mass is 347 g/mol. The topological polar surface area (TPSA) is 28.2 Å². The molecule has 1 aromatic rings. The number of ether oxygens (including phenoxy) is 2. The van der Waals surface area contributed by atoms with E-state index < -0.39 is 0 Å². The molecule has 0 saturated carbocycles. The van der Waals surface area contributed by atoms with Gasteiger partial charge < -0.3 is 14.4 Å². The Morgan fingerprint density at radius 3 is 2.36 bits per heavy atom. The van der Waals surface area contributed by atoms with Gasteiger partial charge in [-0.25, -0.2) is 0 Å². The average molecular weight is 348 g/mol. The van der Waals surface area contributed by atoms with Gasteiger partial charge in [0.1, 0.15) is 5.75 Å². The maximum atomic E-state index is 5.51. The summed E-state index contributed by atoms with van der Waals surface area (Å²) in [5, 5.41) is 0. The van der Waals surface area contributed by atoms with Gasteiger partial charge in [-0.2, -0.15) is 0 Å². The summed E-state index contributed by atoms with van der Waals surface area (Å²) < 4.78 is 10.8. The molecule has 0 amide bonds. The van der Waals surface area contributed by atoms with Crippen LogP contribution >= 0.6 is 0 Å². The fraction of sp³-hybridized carbons (Fsp3) is 0.700. The van der Waals surface area contributed by atoms with E-state index in [1.165, 1.54) is 5.69 Å². The van der Waals surface area contributed by atoms with Crippen LogP contribution in [-0.4, -0.2) is 81.0 Å². The lowest BCUT2D eigenvalue weighted by Gasteiger charge is -2.48. The summed E-state index contributed by atoms with van der Waals surface area (Å²) in [6.45, 7) is 15.3. The fourth-order valence-electron chi connectivity index (χ4n) is 4.02. The van der Waals surface area contributed by atoms with Crippen molar-refractivity contribution in [3.63, 3.8) is 0 Å². The van der Waals surface area contributed by atoms with Crippen LogP contribution in [-0.2, 0) is 4.74 Å². The summed E-state index contributed by atoms with van der Waals surface area (Å²) in [5.41, 5.74) is 1.49. The zero-order chi connectivity index (χ0) is 17.9. The normalized spacial score (nSPS) is 23.7. The van der Waals surface area contributed by atoms with Gasteiger partial charge in [0.05, 0.1) is 20.3 Å². The fourth-order valence-corrected chi connectivity index (χ4v) is 4.02. The second-order valence-corrected chi connectivity index (χ2v) is 7.88. The molecule has 1 aromatic carbocycles. The number of nitrogens with zero attached hydrogens (tertiary/aromatic N) is 3. The smallest absolute Gasteiger partial charge is 0.119 e. The first kappa shape index (κ1) is 18.5. The number of methoxy groups -OCH3 is 1. The molecule has 2 fully saturated rings. The first-order chi connectivity index (χ1) is 12.0. The summed E-state index contributed by atoms with van der Waals surface area (Å²) in [6, 6.07) is 8.98. The highest BCUT2D eigenvalue weighted by molar-refractivity contribution is 5.49. The van der Waals surface area contributed by atoms with E-state index in [1.807, 2.05) is 12.1 Å². The van der Waals surface area contributed by atoms with E-state index in [4.69, 9.17) is 9.47 Å². The number of hydrogen-bond acceptors (Lipinski definition) is 5. The van der Waals surface area contributed by atoms with Crippen LogP contribution in [0.3, 0.4) is 0 Å². The Kier molecular flexibility index (Phi) is 5.87. The van der Waals surface area contributed by atoms with Crippen LogP contribution in [0.1, 0.15) is 20.8 Å². The SMILES string of the molecule is COc1ccc(N2CCN(CC(C)(C)N3CCOCC3)[C@@H](C)C2)cc1. The standard InChI is InChI=1S/C20H33N3O2/c1-17-15-21(18-5-7-19(24-4)8-6-18)9-10-22(17)16-20(2,3)23-11-13-25-14-12-23/h5-8,17H,9-16H2,1-4H3/t17-/m0/s1. The van der Waals surface area contributed by atoms with Crippen LogP contribution in [0.25, 0.3) is 0 Å². The summed E-state index contributed by atoms with van der Waals surface area (Å²) in [4.78, 5) is 7.72. The maximum Gasteiger partial charge on any atom is 0.119 e. The number of piperazine rings is 1. The van der Waals surface area contributed by atoms with E-state index >= 15 is 0 Å². The summed E-state index contributed by atoms with van der Waals surface area (Å²) >= 11 is 0. The van der Waals surface area contributed by atoms with Crippen molar-refractivity contribution < 1.29 is 9.47 Å². The van der Waals surface area contributed by atoms with E-state index in [1.54, 1.807) is 7.11 Å². The molecular formula is C20H33N3O2. The van der Waals surface area contributed by atoms with Gasteiger partial charge in [-0.1, -0.05) is 0 Å². The zero-order valence-electron chi connectivity index (χ0n) is 16.2. The molecule has 0 bridgehead atoms. The van der Waals surface area contributed by atoms with Crippen molar-refractivity contribution in [1.29, 1.82) is 0 Å². The van der Waals surface area contributed by atoms with Crippen LogP contribution < -0.4 is 9.64 Å². The quantitative estimate of drug-likeness (QED) is 0.815. The van der Waals surface area contributed by atoms with Crippen LogP contribution in [0, 0.1) is 0 Å². The lowest BCUT2D eigenvalue weighted by molar-refractivity contribution is -0.0264. The zero-order valence-corrected chi connectivity index (χ0v) is 16.2. The van der Waals surface area contributed by atoms with Crippen LogP contribution in [0.4, 0.5) is 5.69 Å². The summed E-state index contributed by atoms with van der Waals surface area (Å²) in [5.74, 6) is 0.919. The molecule has 0 unspecified atom stereocenters. The minimum Gasteiger partial charge on any atom is -0.497 e. The third kappa shape index (κ3) is 4.46. The lowest BCUT2D eigenvalue weighted by atomic mass is 9.99. The Balaban J connectivity index is 1.57. The number of morpholine rings is 1. The van der Waals surface area contributed by atoms with Gasteiger partial charge >= 0.3 is 0 Å². The molecule has 2 aliphatic rings. The molecule has 25 heavy (non-hydrogen) atoms. The van der Waals surface area contributed by atoms with Crippen molar-refractivity contribution in [2.75, 3.05) is 64.5 Å². The molecule has 3 rings (SSSR count). The third-order valence-electron chi connectivity index (χ3n) is 5.66. The molecule has 0 aromatic heterocycles. The van der Waals surface area contributed by atoms with Crippen LogP contribution in [0.2, 0.25) is 0 Å². The molecule has 2 heterocycles. The minimum atomic E-state index is 0.195. The highest BCUT2D eigenvalue weighted by atomic mass is 16.5.